The molecule has 2 nitrogen and oxygen atoms in total. The molecule has 68 valence electrons. The zero-order valence-electron chi connectivity index (χ0n) is 6.80. The van der Waals surface area contributed by atoms with E-state index >= 15 is 0 Å². The molecule has 2 rings (SSSR count). The quantitative estimate of drug-likeness (QED) is 0.805. The zero-order chi connectivity index (χ0) is 9.26. The average Bonchev–Trinajstić information content (AvgIpc) is 2.53. The van der Waals surface area contributed by atoms with Gasteiger partial charge in [0.1, 0.15) is 10.4 Å². The van der Waals surface area contributed by atoms with Gasteiger partial charge in [-0.15, -0.1) is 0 Å². The molecule has 1 aromatic carbocycles. The average molecular weight is 243 g/mol. The number of rotatable bonds is 1. The Hall–Kier alpha value is -0.900. The van der Waals surface area contributed by atoms with Crippen LogP contribution >= 0.6 is 15.9 Å². The molecule has 13 heavy (non-hydrogen) atoms. The van der Waals surface area contributed by atoms with Crippen molar-refractivity contribution in [3.05, 3.63) is 35.6 Å². The zero-order valence-corrected chi connectivity index (χ0v) is 8.38. The summed E-state index contributed by atoms with van der Waals surface area (Å²) in [5.41, 5.74) is 3.53. The molecule has 0 aromatic heterocycles. The molecule has 0 radical (unpaired) electrons. The Balaban J connectivity index is 2.23. The summed E-state index contributed by atoms with van der Waals surface area (Å²) in [6, 6.07) is 6.71. The summed E-state index contributed by atoms with van der Waals surface area (Å²) < 4.78 is 14.1. The molecule has 1 heterocycles. The van der Waals surface area contributed by atoms with Crippen LogP contribution in [0.2, 0.25) is 0 Å². The lowest BCUT2D eigenvalue weighted by Gasteiger charge is -2.09. The maximum atomic E-state index is 13.3. The first-order valence-corrected chi connectivity index (χ1v) is 4.78. The molecule has 0 fully saturated rings. The molecule has 1 aromatic rings. The van der Waals surface area contributed by atoms with E-state index in [-0.39, 0.29) is 11.9 Å². The van der Waals surface area contributed by atoms with Crippen molar-refractivity contribution in [2.45, 2.75) is 12.5 Å². The molecule has 0 amide bonds. The second-order valence-corrected chi connectivity index (χ2v) is 3.81. The van der Waals surface area contributed by atoms with Crippen LogP contribution in [0.3, 0.4) is 0 Å². The topological polar surface area (TPSA) is 24.4 Å². The van der Waals surface area contributed by atoms with Crippen LogP contribution < -0.4 is 5.43 Å². The molecule has 0 bridgehead atoms. The highest BCUT2D eigenvalue weighted by Gasteiger charge is 2.20. The van der Waals surface area contributed by atoms with E-state index in [0.717, 1.165) is 4.62 Å². The molecule has 0 saturated heterocycles. The number of hydrazone groups is 1. The summed E-state index contributed by atoms with van der Waals surface area (Å²) in [7, 11) is 0. The van der Waals surface area contributed by atoms with Gasteiger partial charge in [-0.2, -0.15) is 5.10 Å². The van der Waals surface area contributed by atoms with Crippen LogP contribution in [-0.2, 0) is 0 Å². The van der Waals surface area contributed by atoms with Gasteiger partial charge >= 0.3 is 0 Å². The van der Waals surface area contributed by atoms with Crippen molar-refractivity contribution in [2.24, 2.45) is 5.10 Å². The Labute approximate surface area is 84.0 Å². The van der Waals surface area contributed by atoms with Gasteiger partial charge in [-0.05, 0) is 22.0 Å². The van der Waals surface area contributed by atoms with Crippen molar-refractivity contribution >= 4 is 20.6 Å². The highest BCUT2D eigenvalue weighted by molar-refractivity contribution is 9.18. The second kappa shape index (κ2) is 3.46. The fraction of sp³-hybridized carbons (Fsp3) is 0.222. The van der Waals surface area contributed by atoms with Gasteiger partial charge in [-0.3, -0.25) is 0 Å². The van der Waals surface area contributed by atoms with Crippen molar-refractivity contribution in [1.29, 1.82) is 0 Å². The van der Waals surface area contributed by atoms with E-state index in [1.165, 1.54) is 6.07 Å². The molecule has 0 spiro atoms. The SMILES string of the molecule is Fc1ccccc1C1CC(Br)=NN1. The van der Waals surface area contributed by atoms with E-state index in [4.69, 9.17) is 0 Å². The summed E-state index contributed by atoms with van der Waals surface area (Å²) in [6.45, 7) is 0. The summed E-state index contributed by atoms with van der Waals surface area (Å²) in [5, 5.41) is 3.95. The standard InChI is InChI=1S/C9H8BrFN2/c10-9-5-8(12-13-9)6-3-1-2-4-7(6)11/h1-4,8,12H,5H2. The maximum Gasteiger partial charge on any atom is 0.128 e. The Kier molecular flexibility index (Phi) is 2.31. The van der Waals surface area contributed by atoms with Crippen molar-refractivity contribution in [3.63, 3.8) is 0 Å². The highest BCUT2D eigenvalue weighted by atomic mass is 79.9. The van der Waals surface area contributed by atoms with Gasteiger partial charge in [0.25, 0.3) is 0 Å². The summed E-state index contributed by atoms with van der Waals surface area (Å²) in [5.74, 6) is -0.183. The number of nitrogens with one attached hydrogen (secondary N) is 1. The Bertz CT molecular complexity index is 351. The number of halogens is 2. The third kappa shape index (κ3) is 1.72. The Morgan fingerprint density at radius 1 is 1.46 bits per heavy atom. The minimum Gasteiger partial charge on any atom is -0.301 e. The molecule has 0 saturated carbocycles. The first kappa shape index (κ1) is 8.69. The van der Waals surface area contributed by atoms with Crippen LogP contribution in [-0.4, -0.2) is 4.62 Å². The van der Waals surface area contributed by atoms with Crippen molar-refractivity contribution in [2.75, 3.05) is 0 Å². The number of hydrogen-bond donors (Lipinski definition) is 1. The number of hydrogen-bond acceptors (Lipinski definition) is 2. The van der Waals surface area contributed by atoms with Crippen LogP contribution in [0, 0.1) is 5.82 Å². The lowest BCUT2D eigenvalue weighted by molar-refractivity contribution is 0.549. The Morgan fingerprint density at radius 3 is 2.85 bits per heavy atom. The minimum absolute atomic E-state index is 0.0319. The number of nitrogens with zero attached hydrogens (tertiary/aromatic N) is 1. The predicted octanol–water partition coefficient (Wildman–Crippen LogP) is 2.57. The third-order valence-corrected chi connectivity index (χ3v) is 2.50. The molecule has 0 aliphatic carbocycles. The van der Waals surface area contributed by atoms with Gasteiger partial charge in [0.05, 0.1) is 6.04 Å². The Morgan fingerprint density at radius 2 is 2.23 bits per heavy atom. The van der Waals surface area contributed by atoms with Crippen LogP contribution in [0.5, 0.6) is 0 Å². The third-order valence-electron chi connectivity index (χ3n) is 1.99. The van der Waals surface area contributed by atoms with E-state index in [2.05, 4.69) is 26.5 Å². The molecule has 1 unspecified atom stereocenters. The van der Waals surface area contributed by atoms with Crippen LogP contribution in [0.15, 0.2) is 29.4 Å². The van der Waals surface area contributed by atoms with Gasteiger partial charge in [0.15, 0.2) is 0 Å². The van der Waals surface area contributed by atoms with E-state index in [9.17, 15) is 4.39 Å². The second-order valence-electron chi connectivity index (χ2n) is 2.90. The number of benzene rings is 1. The van der Waals surface area contributed by atoms with E-state index in [1.54, 1.807) is 12.1 Å². The smallest absolute Gasteiger partial charge is 0.128 e. The summed E-state index contributed by atoms with van der Waals surface area (Å²) >= 11 is 3.27. The largest absolute Gasteiger partial charge is 0.301 e. The molecule has 1 N–H and O–H groups in total. The molecule has 1 atom stereocenters. The lowest BCUT2D eigenvalue weighted by Crippen LogP contribution is -2.11. The van der Waals surface area contributed by atoms with E-state index in [0.29, 0.717) is 12.0 Å². The van der Waals surface area contributed by atoms with Gasteiger partial charge in [-0.25, -0.2) is 4.39 Å². The molecule has 1 aliphatic heterocycles. The van der Waals surface area contributed by atoms with Gasteiger partial charge < -0.3 is 5.43 Å². The van der Waals surface area contributed by atoms with Gasteiger partial charge in [-0.1, -0.05) is 18.2 Å². The first-order valence-electron chi connectivity index (χ1n) is 3.99. The molecular formula is C9H8BrFN2. The summed E-state index contributed by atoms with van der Waals surface area (Å²) in [4.78, 5) is 0. The fourth-order valence-corrected chi connectivity index (χ4v) is 1.77. The van der Waals surface area contributed by atoms with Crippen LogP contribution in [0.4, 0.5) is 4.39 Å². The molecule has 4 heteroatoms. The van der Waals surface area contributed by atoms with Gasteiger partial charge in [0.2, 0.25) is 0 Å². The predicted molar refractivity (Wildman–Crippen MR) is 53.3 cm³/mol. The van der Waals surface area contributed by atoms with Gasteiger partial charge in [0, 0.05) is 12.0 Å². The van der Waals surface area contributed by atoms with E-state index in [1.807, 2.05) is 6.07 Å². The van der Waals surface area contributed by atoms with Crippen LogP contribution in [0.1, 0.15) is 18.0 Å². The highest BCUT2D eigenvalue weighted by Crippen LogP contribution is 2.25. The van der Waals surface area contributed by atoms with Crippen molar-refractivity contribution < 1.29 is 4.39 Å². The van der Waals surface area contributed by atoms with Crippen molar-refractivity contribution in [1.82, 2.24) is 5.43 Å². The fourth-order valence-electron chi connectivity index (χ4n) is 1.34. The maximum absolute atomic E-state index is 13.3. The first-order chi connectivity index (χ1) is 6.27. The van der Waals surface area contributed by atoms with Crippen molar-refractivity contribution in [3.8, 4) is 0 Å². The molecular weight excluding hydrogens is 235 g/mol. The lowest BCUT2D eigenvalue weighted by atomic mass is 10.1. The summed E-state index contributed by atoms with van der Waals surface area (Å²) in [6.07, 6.45) is 0.709. The van der Waals surface area contributed by atoms with Crippen LogP contribution in [0.25, 0.3) is 0 Å². The normalized spacial score (nSPS) is 21.1. The van der Waals surface area contributed by atoms with E-state index < -0.39 is 0 Å². The minimum atomic E-state index is -0.183. The molecule has 1 aliphatic rings. The monoisotopic (exact) mass is 242 g/mol.